The number of ether oxygens (including phenoxy) is 2. The van der Waals surface area contributed by atoms with Crippen LogP contribution in [0, 0.1) is 11.3 Å². The molecule has 0 bridgehead atoms. The fourth-order valence-electron chi connectivity index (χ4n) is 2.16. The lowest BCUT2D eigenvalue weighted by Gasteiger charge is -2.13. The average molecular weight is 321 g/mol. The van der Waals surface area contributed by atoms with Crippen LogP contribution in [0.3, 0.4) is 0 Å². The van der Waals surface area contributed by atoms with Crippen LogP contribution in [0.4, 0.5) is 0 Å². The Morgan fingerprint density at radius 2 is 2.45 bits per heavy atom. The largest absolute Gasteiger partial charge is 0.490 e. The summed E-state index contributed by atoms with van der Waals surface area (Å²) in [6, 6.07) is 6.96. The van der Waals surface area contributed by atoms with Gasteiger partial charge in [0.05, 0.1) is 6.10 Å². The lowest BCUT2D eigenvalue weighted by molar-refractivity contribution is -0.116. The number of hydrogen-bond donors (Lipinski definition) is 1. The van der Waals surface area contributed by atoms with E-state index in [2.05, 4.69) is 5.32 Å². The predicted octanol–water partition coefficient (Wildman–Crippen LogP) is 2.55. The highest BCUT2D eigenvalue weighted by molar-refractivity contribution is 6.30. The minimum atomic E-state index is -0.451. The molecule has 1 heterocycles. The first-order valence-corrected chi connectivity index (χ1v) is 7.39. The average Bonchev–Trinajstić information content (AvgIpc) is 3.04. The molecule has 1 N–H and O–H groups in total. The summed E-state index contributed by atoms with van der Waals surface area (Å²) in [7, 11) is 1.47. The number of rotatable bonds is 5. The van der Waals surface area contributed by atoms with E-state index in [4.69, 9.17) is 26.3 Å². The van der Waals surface area contributed by atoms with Gasteiger partial charge in [0.25, 0.3) is 5.91 Å². The summed E-state index contributed by atoms with van der Waals surface area (Å²) in [5.74, 6) is 0.115. The van der Waals surface area contributed by atoms with E-state index in [1.54, 1.807) is 18.2 Å². The number of hydrogen-bond acceptors (Lipinski definition) is 4. The maximum absolute atomic E-state index is 11.6. The molecule has 22 heavy (non-hydrogen) atoms. The van der Waals surface area contributed by atoms with Crippen LogP contribution in [0.2, 0.25) is 5.02 Å². The van der Waals surface area contributed by atoms with Gasteiger partial charge in [-0.25, -0.2) is 0 Å². The Morgan fingerprint density at radius 3 is 3.09 bits per heavy atom. The van der Waals surface area contributed by atoms with Crippen molar-refractivity contribution in [2.24, 2.45) is 0 Å². The Kier molecular flexibility index (Phi) is 5.82. The second-order valence-corrected chi connectivity index (χ2v) is 5.31. The molecule has 0 aliphatic carbocycles. The van der Waals surface area contributed by atoms with E-state index in [-0.39, 0.29) is 11.7 Å². The summed E-state index contributed by atoms with van der Waals surface area (Å²) in [5, 5.41) is 12.0. The molecule has 1 amide bonds. The molecule has 0 radical (unpaired) electrons. The van der Waals surface area contributed by atoms with E-state index in [1.807, 2.05) is 6.07 Å². The first-order chi connectivity index (χ1) is 10.6. The van der Waals surface area contributed by atoms with Crippen LogP contribution in [-0.4, -0.2) is 32.3 Å². The van der Waals surface area contributed by atoms with Gasteiger partial charge in [-0.3, -0.25) is 4.79 Å². The van der Waals surface area contributed by atoms with Crippen molar-refractivity contribution >= 4 is 23.6 Å². The number of amides is 1. The summed E-state index contributed by atoms with van der Waals surface area (Å²) < 4.78 is 11.3. The maximum Gasteiger partial charge on any atom is 0.261 e. The van der Waals surface area contributed by atoms with Crippen molar-refractivity contribution in [2.75, 3.05) is 20.3 Å². The lowest BCUT2D eigenvalue weighted by Crippen LogP contribution is -2.19. The molecular formula is C16H17ClN2O3. The highest BCUT2D eigenvalue weighted by Crippen LogP contribution is 2.26. The van der Waals surface area contributed by atoms with E-state index < -0.39 is 5.91 Å². The van der Waals surface area contributed by atoms with Gasteiger partial charge in [0.15, 0.2) is 0 Å². The molecule has 116 valence electrons. The van der Waals surface area contributed by atoms with E-state index in [0.29, 0.717) is 22.9 Å². The van der Waals surface area contributed by atoms with E-state index in [9.17, 15) is 4.79 Å². The topological polar surface area (TPSA) is 71.4 Å². The number of carbonyl (C=O) groups is 1. The van der Waals surface area contributed by atoms with Crippen LogP contribution >= 0.6 is 11.6 Å². The van der Waals surface area contributed by atoms with Crippen LogP contribution < -0.4 is 10.1 Å². The van der Waals surface area contributed by atoms with Crippen molar-refractivity contribution in [1.82, 2.24) is 5.32 Å². The van der Waals surface area contributed by atoms with Gasteiger partial charge in [0, 0.05) is 24.2 Å². The monoisotopic (exact) mass is 320 g/mol. The molecule has 1 aliphatic heterocycles. The van der Waals surface area contributed by atoms with Gasteiger partial charge in [-0.1, -0.05) is 11.6 Å². The summed E-state index contributed by atoms with van der Waals surface area (Å²) >= 11 is 5.99. The van der Waals surface area contributed by atoms with Crippen LogP contribution in [0.5, 0.6) is 5.75 Å². The van der Waals surface area contributed by atoms with Gasteiger partial charge < -0.3 is 14.8 Å². The van der Waals surface area contributed by atoms with E-state index >= 15 is 0 Å². The summed E-state index contributed by atoms with van der Waals surface area (Å²) in [6.45, 7) is 1.20. The summed E-state index contributed by atoms with van der Waals surface area (Å²) in [4.78, 5) is 11.6. The number of halogens is 1. The molecule has 0 aromatic heterocycles. The van der Waals surface area contributed by atoms with Crippen LogP contribution in [0.25, 0.3) is 6.08 Å². The van der Waals surface area contributed by atoms with Crippen molar-refractivity contribution < 1.29 is 14.3 Å². The highest BCUT2D eigenvalue weighted by atomic mass is 35.5. The molecule has 1 aliphatic rings. The number of benzene rings is 1. The minimum absolute atomic E-state index is 0.00765. The van der Waals surface area contributed by atoms with Crippen molar-refractivity contribution in [3.05, 3.63) is 34.4 Å². The van der Waals surface area contributed by atoms with Gasteiger partial charge in [-0.05, 0) is 37.1 Å². The molecule has 1 aromatic rings. The molecule has 2 rings (SSSR count). The third-order valence-electron chi connectivity index (χ3n) is 3.31. The first-order valence-electron chi connectivity index (χ1n) is 7.02. The normalized spacial score (nSPS) is 17.9. The van der Waals surface area contributed by atoms with Gasteiger partial charge in [0.1, 0.15) is 24.0 Å². The number of likely N-dealkylation sites (N-methyl/N-ethyl adjacent to an activating group) is 1. The SMILES string of the molecule is CNC(=O)/C(C#N)=C/c1cc(Cl)ccc1OC[C@H]1CCCO1. The van der Waals surface area contributed by atoms with E-state index in [1.165, 1.54) is 13.1 Å². The van der Waals surface area contributed by atoms with Crippen molar-refractivity contribution in [3.63, 3.8) is 0 Å². The Morgan fingerprint density at radius 1 is 1.64 bits per heavy atom. The van der Waals surface area contributed by atoms with Crippen molar-refractivity contribution in [2.45, 2.75) is 18.9 Å². The third-order valence-corrected chi connectivity index (χ3v) is 3.55. The molecule has 5 nitrogen and oxygen atoms in total. The Hall–Kier alpha value is -2.03. The van der Waals surface area contributed by atoms with Gasteiger partial charge in [0.2, 0.25) is 0 Å². The molecule has 0 unspecified atom stereocenters. The van der Waals surface area contributed by atoms with Gasteiger partial charge >= 0.3 is 0 Å². The van der Waals surface area contributed by atoms with Crippen molar-refractivity contribution in [3.8, 4) is 11.8 Å². The zero-order valence-electron chi connectivity index (χ0n) is 12.3. The Balaban J connectivity index is 2.21. The van der Waals surface area contributed by atoms with E-state index in [0.717, 1.165) is 19.4 Å². The molecule has 1 atom stereocenters. The summed E-state index contributed by atoms with van der Waals surface area (Å²) in [6.07, 6.45) is 3.56. The van der Waals surface area contributed by atoms with Crippen LogP contribution in [-0.2, 0) is 9.53 Å². The quantitative estimate of drug-likeness (QED) is 0.668. The number of nitriles is 1. The molecule has 0 saturated carbocycles. The Bertz CT molecular complexity index is 616. The highest BCUT2D eigenvalue weighted by Gasteiger charge is 2.17. The second-order valence-electron chi connectivity index (χ2n) is 4.88. The van der Waals surface area contributed by atoms with Crippen LogP contribution in [0.15, 0.2) is 23.8 Å². The fraction of sp³-hybridized carbons (Fsp3) is 0.375. The molecule has 6 heteroatoms. The maximum atomic E-state index is 11.6. The third kappa shape index (κ3) is 4.23. The fourth-order valence-corrected chi connectivity index (χ4v) is 2.34. The number of carbonyl (C=O) groups excluding carboxylic acids is 1. The van der Waals surface area contributed by atoms with Gasteiger partial charge in [-0.2, -0.15) is 5.26 Å². The molecular weight excluding hydrogens is 304 g/mol. The Labute approximate surface area is 134 Å². The zero-order valence-corrected chi connectivity index (χ0v) is 13.0. The standard InChI is InChI=1S/C16H17ClN2O3/c1-19-16(20)12(9-18)7-11-8-13(17)4-5-15(11)22-10-14-3-2-6-21-14/h4-5,7-8,14H,2-3,6,10H2,1H3,(H,19,20)/b12-7+/t14-/m1/s1. The molecule has 1 saturated heterocycles. The number of nitrogens with one attached hydrogen (secondary N) is 1. The predicted molar refractivity (Wildman–Crippen MR) is 83.6 cm³/mol. The molecule has 1 fully saturated rings. The second kappa shape index (κ2) is 7.83. The number of nitrogens with zero attached hydrogens (tertiary/aromatic N) is 1. The smallest absolute Gasteiger partial charge is 0.261 e. The first kappa shape index (κ1) is 16.3. The lowest BCUT2D eigenvalue weighted by atomic mass is 10.1. The van der Waals surface area contributed by atoms with Crippen molar-refractivity contribution in [1.29, 1.82) is 5.26 Å². The summed E-state index contributed by atoms with van der Waals surface area (Å²) in [5.41, 5.74) is 0.581. The minimum Gasteiger partial charge on any atom is -0.490 e. The van der Waals surface area contributed by atoms with Crippen LogP contribution in [0.1, 0.15) is 18.4 Å². The molecule has 1 aromatic carbocycles. The van der Waals surface area contributed by atoms with Gasteiger partial charge in [-0.15, -0.1) is 0 Å². The molecule has 0 spiro atoms. The zero-order chi connectivity index (χ0) is 15.9.